The number of halogens is 1. The van der Waals surface area contributed by atoms with Crippen LogP contribution in [0.1, 0.15) is 11.1 Å². The Morgan fingerprint density at radius 3 is 2.75 bits per heavy atom. The van der Waals surface area contributed by atoms with Gasteiger partial charge in [0.1, 0.15) is 21.9 Å². The molecule has 0 bridgehead atoms. The first-order valence-corrected chi connectivity index (χ1v) is 8.80. The summed E-state index contributed by atoms with van der Waals surface area (Å²) < 4.78 is 7.17. The minimum Gasteiger partial charge on any atom is -0.455 e. The highest BCUT2D eigenvalue weighted by Crippen LogP contribution is 2.34. The number of ether oxygens (including phenoxy) is 1. The highest BCUT2D eigenvalue weighted by atomic mass is 79.9. The van der Waals surface area contributed by atoms with Gasteiger partial charge in [-0.25, -0.2) is 0 Å². The van der Waals surface area contributed by atoms with E-state index in [1.807, 2.05) is 12.1 Å². The van der Waals surface area contributed by atoms with E-state index in [0.29, 0.717) is 31.9 Å². The molecule has 0 spiro atoms. The van der Waals surface area contributed by atoms with E-state index in [-0.39, 0.29) is 5.91 Å². The van der Waals surface area contributed by atoms with Crippen molar-refractivity contribution in [2.24, 2.45) is 0 Å². The molecule has 0 aliphatic carbocycles. The number of carbonyl (C=O) groups excluding carboxylic acids is 1. The van der Waals surface area contributed by atoms with Crippen molar-refractivity contribution in [3.63, 3.8) is 0 Å². The molecule has 3 rings (SSSR count). The van der Waals surface area contributed by atoms with E-state index < -0.39 is 0 Å². The largest absolute Gasteiger partial charge is 0.455 e. The molecule has 1 heterocycles. The van der Waals surface area contributed by atoms with Crippen LogP contribution in [-0.2, 0) is 4.79 Å². The highest BCUT2D eigenvalue weighted by Gasteiger charge is 2.22. The van der Waals surface area contributed by atoms with Crippen LogP contribution >= 0.6 is 39.9 Å². The van der Waals surface area contributed by atoms with Crippen molar-refractivity contribution in [2.75, 3.05) is 0 Å². The molecular formula is C17H9BrN2O2S2. The van der Waals surface area contributed by atoms with Crippen molar-refractivity contribution in [2.45, 2.75) is 0 Å². The molecule has 1 saturated heterocycles. The number of nitrogens with one attached hydrogen (secondary N) is 1. The van der Waals surface area contributed by atoms with E-state index in [1.165, 1.54) is 11.8 Å². The average molecular weight is 417 g/mol. The lowest BCUT2D eigenvalue weighted by Gasteiger charge is -2.11. The van der Waals surface area contributed by atoms with Gasteiger partial charge in [0.25, 0.3) is 5.91 Å². The summed E-state index contributed by atoms with van der Waals surface area (Å²) in [5.74, 6) is 0.772. The van der Waals surface area contributed by atoms with Crippen molar-refractivity contribution in [3.8, 4) is 17.6 Å². The lowest BCUT2D eigenvalue weighted by Crippen LogP contribution is -2.17. The molecular weight excluding hydrogens is 408 g/mol. The summed E-state index contributed by atoms with van der Waals surface area (Å²) in [4.78, 5) is 12.4. The lowest BCUT2D eigenvalue weighted by atomic mass is 10.1. The number of thiocarbonyl (C=S) groups is 1. The van der Waals surface area contributed by atoms with Gasteiger partial charge in [-0.1, -0.05) is 52.0 Å². The van der Waals surface area contributed by atoms with Crippen LogP contribution in [0.15, 0.2) is 51.8 Å². The maximum absolute atomic E-state index is 11.9. The van der Waals surface area contributed by atoms with Crippen LogP contribution in [0.4, 0.5) is 0 Å². The molecule has 4 nitrogen and oxygen atoms in total. The van der Waals surface area contributed by atoms with Gasteiger partial charge in [-0.05, 0) is 36.4 Å². The Bertz CT molecular complexity index is 919. The lowest BCUT2D eigenvalue weighted by molar-refractivity contribution is -0.115. The number of hydrogen-bond acceptors (Lipinski definition) is 5. The van der Waals surface area contributed by atoms with Crippen LogP contribution in [0.3, 0.4) is 0 Å². The molecule has 0 aromatic heterocycles. The normalized spacial score (nSPS) is 15.2. The number of rotatable bonds is 3. The monoisotopic (exact) mass is 416 g/mol. The number of hydrogen-bond donors (Lipinski definition) is 1. The SMILES string of the molecule is N#Cc1ccccc1Oc1ccc(Br)cc1/C=C1\SC(=S)NC1=O. The summed E-state index contributed by atoms with van der Waals surface area (Å²) in [5.41, 5.74) is 1.15. The molecule has 0 atom stereocenters. The van der Waals surface area contributed by atoms with E-state index in [9.17, 15) is 10.1 Å². The Morgan fingerprint density at radius 2 is 2.04 bits per heavy atom. The number of nitriles is 1. The Hall–Kier alpha value is -2.14. The molecule has 1 N–H and O–H groups in total. The number of benzene rings is 2. The van der Waals surface area contributed by atoms with Crippen LogP contribution < -0.4 is 10.1 Å². The molecule has 24 heavy (non-hydrogen) atoms. The first kappa shape index (κ1) is 16.7. The molecule has 1 fully saturated rings. The van der Waals surface area contributed by atoms with Gasteiger partial charge < -0.3 is 10.1 Å². The van der Waals surface area contributed by atoms with Gasteiger partial charge in [0.05, 0.1) is 10.5 Å². The number of amides is 1. The van der Waals surface area contributed by atoms with Crippen LogP contribution in [0.5, 0.6) is 11.5 Å². The third-order valence-electron chi connectivity index (χ3n) is 3.13. The van der Waals surface area contributed by atoms with Crippen LogP contribution in [0.25, 0.3) is 6.08 Å². The smallest absolute Gasteiger partial charge is 0.263 e. The van der Waals surface area contributed by atoms with Gasteiger partial charge in [0, 0.05) is 10.0 Å². The first-order valence-electron chi connectivity index (χ1n) is 6.78. The average Bonchev–Trinajstić information content (AvgIpc) is 2.88. The standard InChI is InChI=1S/C17H9BrN2O2S2/c18-12-5-6-14(22-13-4-2-1-3-10(13)9-19)11(7-12)8-15-16(21)20-17(23)24-15/h1-8H,(H,20,21,23)/b15-8-. The highest BCUT2D eigenvalue weighted by molar-refractivity contribution is 9.10. The number of nitrogens with zero attached hydrogens (tertiary/aromatic N) is 1. The fourth-order valence-electron chi connectivity index (χ4n) is 2.05. The van der Waals surface area contributed by atoms with E-state index in [2.05, 4.69) is 27.3 Å². The minimum absolute atomic E-state index is 0.228. The van der Waals surface area contributed by atoms with Gasteiger partial charge in [0.15, 0.2) is 0 Å². The third-order valence-corrected chi connectivity index (χ3v) is 4.78. The summed E-state index contributed by atoms with van der Waals surface area (Å²) in [6.07, 6.45) is 1.72. The Morgan fingerprint density at radius 1 is 1.25 bits per heavy atom. The molecule has 2 aromatic carbocycles. The Kier molecular flexibility index (Phi) is 5.00. The zero-order valence-corrected chi connectivity index (χ0v) is 15.3. The summed E-state index contributed by atoms with van der Waals surface area (Å²) in [7, 11) is 0. The van der Waals surface area contributed by atoms with Crippen LogP contribution in [0, 0.1) is 11.3 Å². The summed E-state index contributed by atoms with van der Waals surface area (Å²) in [5, 5.41) is 11.8. The maximum atomic E-state index is 11.9. The molecule has 0 saturated carbocycles. The van der Waals surface area contributed by atoms with Crippen molar-refractivity contribution < 1.29 is 9.53 Å². The van der Waals surface area contributed by atoms with Gasteiger partial charge in [-0.15, -0.1) is 0 Å². The van der Waals surface area contributed by atoms with E-state index in [4.69, 9.17) is 17.0 Å². The van der Waals surface area contributed by atoms with E-state index in [1.54, 1.807) is 36.4 Å². The van der Waals surface area contributed by atoms with Gasteiger partial charge >= 0.3 is 0 Å². The van der Waals surface area contributed by atoms with Crippen molar-refractivity contribution in [1.29, 1.82) is 5.26 Å². The topological polar surface area (TPSA) is 62.1 Å². The first-order chi connectivity index (χ1) is 11.6. The molecule has 0 unspecified atom stereocenters. The van der Waals surface area contributed by atoms with Crippen LogP contribution in [0.2, 0.25) is 0 Å². The molecule has 2 aromatic rings. The van der Waals surface area contributed by atoms with Gasteiger partial charge in [-0.3, -0.25) is 4.79 Å². The second-order valence-electron chi connectivity index (χ2n) is 4.74. The van der Waals surface area contributed by atoms with Gasteiger partial charge in [0.2, 0.25) is 0 Å². The second-order valence-corrected chi connectivity index (χ2v) is 7.38. The molecule has 1 aliphatic rings. The molecule has 0 radical (unpaired) electrons. The zero-order valence-electron chi connectivity index (χ0n) is 12.1. The number of para-hydroxylation sites is 1. The quantitative estimate of drug-likeness (QED) is 0.584. The molecule has 118 valence electrons. The molecule has 1 aliphatic heterocycles. The van der Waals surface area contributed by atoms with Crippen LogP contribution in [-0.4, -0.2) is 10.2 Å². The molecule has 7 heteroatoms. The van der Waals surface area contributed by atoms with Crippen molar-refractivity contribution >= 4 is 56.2 Å². The summed E-state index contributed by atoms with van der Waals surface area (Å²) in [6.45, 7) is 0. The summed E-state index contributed by atoms with van der Waals surface area (Å²) >= 11 is 9.62. The summed E-state index contributed by atoms with van der Waals surface area (Å²) in [6, 6.07) is 14.5. The van der Waals surface area contributed by atoms with E-state index in [0.717, 1.165) is 4.47 Å². The minimum atomic E-state index is -0.228. The zero-order chi connectivity index (χ0) is 17.1. The third kappa shape index (κ3) is 3.67. The Labute approximate surface area is 156 Å². The fourth-order valence-corrected chi connectivity index (χ4v) is 3.47. The Balaban J connectivity index is 2.01. The predicted molar refractivity (Wildman–Crippen MR) is 102 cm³/mol. The fraction of sp³-hybridized carbons (Fsp3) is 0. The second kappa shape index (κ2) is 7.18. The van der Waals surface area contributed by atoms with E-state index >= 15 is 0 Å². The van der Waals surface area contributed by atoms with Gasteiger partial charge in [-0.2, -0.15) is 5.26 Å². The predicted octanol–water partition coefficient (Wildman–Crippen LogP) is 4.60. The number of carbonyl (C=O) groups is 1. The molecule has 1 amide bonds. The number of thioether (sulfide) groups is 1. The van der Waals surface area contributed by atoms with Crippen molar-refractivity contribution in [1.82, 2.24) is 5.32 Å². The maximum Gasteiger partial charge on any atom is 0.263 e. The van der Waals surface area contributed by atoms with Crippen molar-refractivity contribution in [3.05, 3.63) is 63.0 Å².